The van der Waals surface area contributed by atoms with Gasteiger partial charge in [0.2, 0.25) is 0 Å². The molecule has 1 heterocycles. The van der Waals surface area contributed by atoms with E-state index in [9.17, 15) is 13.2 Å². The number of hydrogen-bond donors (Lipinski definition) is 2. The summed E-state index contributed by atoms with van der Waals surface area (Å²) in [5.74, 6) is 0. The lowest BCUT2D eigenvalue weighted by atomic mass is 10.1. The lowest BCUT2D eigenvalue weighted by Crippen LogP contribution is -2.13. The quantitative estimate of drug-likeness (QED) is 0.805. The molecule has 4 nitrogen and oxygen atoms in total. The largest absolute Gasteiger partial charge is 0.418 e. The van der Waals surface area contributed by atoms with E-state index in [1.165, 1.54) is 16.8 Å². The minimum absolute atomic E-state index is 0.0405. The van der Waals surface area contributed by atoms with E-state index < -0.39 is 11.7 Å². The van der Waals surface area contributed by atoms with E-state index in [1.807, 2.05) is 6.92 Å². The minimum Gasteiger partial charge on any atom is -0.382 e. The fraction of sp³-hybridized carbons (Fsp3) is 0.400. The van der Waals surface area contributed by atoms with Crippen LogP contribution in [0.4, 0.5) is 18.9 Å². The predicted octanol–water partition coefficient (Wildman–Crippen LogP) is 3.21. The number of anilines is 1. The molecule has 2 rings (SSSR count). The second-order valence-electron chi connectivity index (χ2n) is 4.85. The Labute approximate surface area is 127 Å². The summed E-state index contributed by atoms with van der Waals surface area (Å²) in [4.78, 5) is 0. The van der Waals surface area contributed by atoms with E-state index >= 15 is 0 Å². The molecule has 0 aliphatic rings. The Hall–Kier alpha value is -2.02. The molecular formula is C15H19F3N4. The van der Waals surface area contributed by atoms with Gasteiger partial charge in [-0.1, -0.05) is 19.1 Å². The number of halogens is 3. The Kier molecular flexibility index (Phi) is 5.07. The maximum atomic E-state index is 13.2. The van der Waals surface area contributed by atoms with Crippen molar-refractivity contribution < 1.29 is 13.2 Å². The summed E-state index contributed by atoms with van der Waals surface area (Å²) in [6.45, 7) is 3.10. The first-order valence-electron chi connectivity index (χ1n) is 7.16. The van der Waals surface area contributed by atoms with E-state index in [2.05, 4.69) is 10.4 Å². The molecule has 0 saturated heterocycles. The summed E-state index contributed by atoms with van der Waals surface area (Å²) in [6, 6.07) is 5.45. The average Bonchev–Trinajstić information content (AvgIpc) is 2.89. The highest BCUT2D eigenvalue weighted by atomic mass is 19.4. The number of hydrogen-bond acceptors (Lipinski definition) is 3. The topological polar surface area (TPSA) is 55.9 Å². The maximum Gasteiger partial charge on any atom is 0.418 e. The Balaban J connectivity index is 2.42. The number of nitrogens with two attached hydrogens (primary N) is 1. The van der Waals surface area contributed by atoms with E-state index in [0.29, 0.717) is 25.2 Å². The Morgan fingerprint density at radius 2 is 2.00 bits per heavy atom. The molecule has 0 fully saturated rings. The van der Waals surface area contributed by atoms with Gasteiger partial charge in [0.05, 0.1) is 28.8 Å². The number of aromatic nitrogens is 2. The summed E-state index contributed by atoms with van der Waals surface area (Å²) in [6.07, 6.45) is -1.51. The Morgan fingerprint density at radius 1 is 1.27 bits per heavy atom. The van der Waals surface area contributed by atoms with Gasteiger partial charge in [-0.05, 0) is 31.5 Å². The van der Waals surface area contributed by atoms with Crippen LogP contribution >= 0.6 is 0 Å². The van der Waals surface area contributed by atoms with E-state index in [-0.39, 0.29) is 5.69 Å². The SMILES string of the molecule is CCc1c(NCCCN)cnn1-c1ccccc1C(F)(F)F. The molecule has 0 bridgehead atoms. The molecule has 0 aliphatic carbocycles. The molecule has 120 valence electrons. The van der Waals surface area contributed by atoms with Crippen molar-refractivity contribution in [3.8, 4) is 5.69 Å². The van der Waals surface area contributed by atoms with Gasteiger partial charge in [-0.15, -0.1) is 0 Å². The molecule has 0 atom stereocenters. The van der Waals surface area contributed by atoms with Crippen molar-refractivity contribution in [1.29, 1.82) is 0 Å². The van der Waals surface area contributed by atoms with Crippen LogP contribution in [0.15, 0.2) is 30.5 Å². The highest BCUT2D eigenvalue weighted by Gasteiger charge is 2.34. The van der Waals surface area contributed by atoms with Gasteiger partial charge >= 0.3 is 6.18 Å². The molecule has 0 amide bonds. The number of nitrogens with one attached hydrogen (secondary N) is 1. The number of benzene rings is 1. The summed E-state index contributed by atoms with van der Waals surface area (Å²) >= 11 is 0. The van der Waals surface area contributed by atoms with Gasteiger partial charge in [0, 0.05) is 6.54 Å². The fourth-order valence-corrected chi connectivity index (χ4v) is 2.29. The van der Waals surface area contributed by atoms with Crippen LogP contribution in [0.2, 0.25) is 0 Å². The van der Waals surface area contributed by atoms with Gasteiger partial charge < -0.3 is 11.1 Å². The van der Waals surface area contributed by atoms with Gasteiger partial charge in [-0.3, -0.25) is 0 Å². The van der Waals surface area contributed by atoms with Crippen molar-refractivity contribution in [3.63, 3.8) is 0 Å². The first-order valence-corrected chi connectivity index (χ1v) is 7.16. The smallest absolute Gasteiger partial charge is 0.382 e. The molecule has 7 heteroatoms. The number of nitrogens with zero attached hydrogens (tertiary/aromatic N) is 2. The average molecular weight is 312 g/mol. The molecule has 0 radical (unpaired) electrons. The molecule has 22 heavy (non-hydrogen) atoms. The van der Waals surface area contributed by atoms with Crippen molar-refractivity contribution in [3.05, 3.63) is 41.7 Å². The molecule has 3 N–H and O–H groups in total. The maximum absolute atomic E-state index is 13.2. The van der Waals surface area contributed by atoms with E-state index in [0.717, 1.165) is 18.2 Å². The number of alkyl halides is 3. The third-order valence-corrected chi connectivity index (χ3v) is 3.34. The Bertz CT molecular complexity index is 619. The summed E-state index contributed by atoms with van der Waals surface area (Å²) in [5, 5.41) is 7.30. The van der Waals surface area contributed by atoms with Gasteiger partial charge in [0.25, 0.3) is 0 Å². The van der Waals surface area contributed by atoms with E-state index in [1.54, 1.807) is 12.3 Å². The normalized spacial score (nSPS) is 11.7. The van der Waals surface area contributed by atoms with Crippen LogP contribution in [0.1, 0.15) is 24.6 Å². The summed E-state index contributed by atoms with van der Waals surface area (Å²) < 4.78 is 40.8. The fourth-order valence-electron chi connectivity index (χ4n) is 2.29. The molecule has 2 aromatic rings. The molecular weight excluding hydrogens is 293 g/mol. The third-order valence-electron chi connectivity index (χ3n) is 3.34. The van der Waals surface area contributed by atoms with Gasteiger partial charge in [-0.25, -0.2) is 4.68 Å². The second kappa shape index (κ2) is 6.83. The first kappa shape index (κ1) is 16.4. The molecule has 0 spiro atoms. The molecule has 0 saturated carbocycles. The minimum atomic E-state index is -4.42. The first-order chi connectivity index (χ1) is 10.5. The highest BCUT2D eigenvalue weighted by molar-refractivity contribution is 5.52. The summed E-state index contributed by atoms with van der Waals surface area (Å²) in [7, 11) is 0. The van der Waals surface area contributed by atoms with Gasteiger partial charge in [-0.2, -0.15) is 18.3 Å². The lowest BCUT2D eigenvalue weighted by molar-refractivity contribution is -0.137. The van der Waals surface area contributed by atoms with Crippen molar-refractivity contribution in [1.82, 2.24) is 9.78 Å². The van der Waals surface area contributed by atoms with Crippen molar-refractivity contribution in [2.45, 2.75) is 25.9 Å². The zero-order valence-corrected chi connectivity index (χ0v) is 12.3. The molecule has 1 aromatic carbocycles. The lowest BCUT2D eigenvalue weighted by Gasteiger charge is -2.15. The second-order valence-corrected chi connectivity index (χ2v) is 4.85. The van der Waals surface area contributed by atoms with Gasteiger partial charge in [0.1, 0.15) is 0 Å². The van der Waals surface area contributed by atoms with Crippen molar-refractivity contribution in [2.75, 3.05) is 18.4 Å². The molecule has 1 aromatic heterocycles. The van der Waals surface area contributed by atoms with Crippen LogP contribution < -0.4 is 11.1 Å². The van der Waals surface area contributed by atoms with Crippen LogP contribution in [0.25, 0.3) is 5.69 Å². The van der Waals surface area contributed by atoms with Crippen LogP contribution in [0.3, 0.4) is 0 Å². The number of rotatable bonds is 6. The van der Waals surface area contributed by atoms with Crippen molar-refractivity contribution in [2.24, 2.45) is 5.73 Å². The third kappa shape index (κ3) is 3.41. The van der Waals surface area contributed by atoms with E-state index in [4.69, 9.17) is 5.73 Å². The zero-order valence-electron chi connectivity index (χ0n) is 12.3. The van der Waals surface area contributed by atoms with Crippen LogP contribution in [-0.2, 0) is 12.6 Å². The monoisotopic (exact) mass is 312 g/mol. The zero-order chi connectivity index (χ0) is 16.2. The summed E-state index contributed by atoms with van der Waals surface area (Å²) in [5.41, 5.74) is 6.25. The van der Waals surface area contributed by atoms with Crippen LogP contribution in [0.5, 0.6) is 0 Å². The molecule has 0 unspecified atom stereocenters. The molecule has 0 aliphatic heterocycles. The van der Waals surface area contributed by atoms with Crippen LogP contribution in [-0.4, -0.2) is 22.9 Å². The Morgan fingerprint density at radius 3 is 2.64 bits per heavy atom. The van der Waals surface area contributed by atoms with Crippen molar-refractivity contribution >= 4 is 5.69 Å². The van der Waals surface area contributed by atoms with Crippen LogP contribution in [0, 0.1) is 0 Å². The predicted molar refractivity (Wildman–Crippen MR) is 80.1 cm³/mol. The van der Waals surface area contributed by atoms with Gasteiger partial charge in [0.15, 0.2) is 0 Å². The highest BCUT2D eigenvalue weighted by Crippen LogP contribution is 2.34. The standard InChI is InChI=1S/C15H19F3N4/c1-2-13-12(20-9-5-8-19)10-21-22(13)14-7-4-3-6-11(14)15(16,17)18/h3-4,6-7,10,20H,2,5,8-9,19H2,1H3. The number of para-hydroxylation sites is 1.